The van der Waals surface area contributed by atoms with E-state index in [1.807, 2.05) is 0 Å². The van der Waals surface area contributed by atoms with Gasteiger partial charge in [0.05, 0.1) is 13.2 Å². The fraction of sp³-hybridized carbons (Fsp3) is 0.424. The summed E-state index contributed by atoms with van der Waals surface area (Å²) in [6, 6.07) is 8.24. The molecule has 0 radical (unpaired) electrons. The Labute approximate surface area is 273 Å². The van der Waals surface area contributed by atoms with E-state index in [2.05, 4.69) is 26.6 Å². The van der Waals surface area contributed by atoms with Gasteiger partial charge in [-0.3, -0.25) is 14.4 Å². The Morgan fingerprint density at radius 1 is 1.07 bits per heavy atom. The highest BCUT2D eigenvalue weighted by atomic mass is 35.5. The summed E-state index contributed by atoms with van der Waals surface area (Å²) in [5, 5.41) is 14.0. The first-order chi connectivity index (χ1) is 22.0. The molecule has 1 aliphatic heterocycles. The number of ether oxygens (including phenoxy) is 1. The maximum Gasteiger partial charge on any atom is 0.328 e. The van der Waals surface area contributed by atoms with Gasteiger partial charge in [-0.15, -0.1) is 0 Å². The molecule has 0 saturated heterocycles. The van der Waals surface area contributed by atoms with Crippen LogP contribution in [-0.2, 0) is 36.8 Å². The third-order valence-electron chi connectivity index (χ3n) is 7.42. The van der Waals surface area contributed by atoms with E-state index in [0.717, 1.165) is 0 Å². The van der Waals surface area contributed by atoms with Crippen LogP contribution in [0, 0.1) is 11.7 Å². The third-order valence-corrected chi connectivity index (χ3v) is 7.65. The minimum absolute atomic E-state index is 0.0312. The normalized spacial score (nSPS) is 18.6. The predicted octanol–water partition coefficient (Wildman–Crippen LogP) is 2.96. The van der Waals surface area contributed by atoms with Gasteiger partial charge in [-0.05, 0) is 60.9 Å². The second-order valence-electron chi connectivity index (χ2n) is 11.4. The van der Waals surface area contributed by atoms with E-state index in [0.29, 0.717) is 35.5 Å². The van der Waals surface area contributed by atoms with Gasteiger partial charge in [0.15, 0.2) is 0 Å². The molecule has 5 N–H and O–H groups in total. The van der Waals surface area contributed by atoms with Crippen LogP contribution >= 0.6 is 11.6 Å². The molecule has 0 spiro atoms. The lowest BCUT2D eigenvalue weighted by atomic mass is 10.0. The highest BCUT2D eigenvalue weighted by Gasteiger charge is 2.30. The molecule has 0 saturated carbocycles. The lowest BCUT2D eigenvalue weighted by Gasteiger charge is -2.26. The molecule has 0 bridgehead atoms. The zero-order valence-electron chi connectivity index (χ0n) is 26.1. The van der Waals surface area contributed by atoms with E-state index >= 15 is 0 Å². The Bertz CT molecular complexity index is 1420. The molecule has 2 aromatic rings. The van der Waals surface area contributed by atoms with Crippen LogP contribution in [0.15, 0.2) is 60.7 Å². The summed E-state index contributed by atoms with van der Waals surface area (Å²) < 4.78 is 19.2. The van der Waals surface area contributed by atoms with E-state index in [9.17, 15) is 28.4 Å². The van der Waals surface area contributed by atoms with Crippen molar-refractivity contribution in [3.8, 4) is 0 Å². The zero-order valence-corrected chi connectivity index (χ0v) is 26.9. The van der Waals surface area contributed by atoms with Crippen LogP contribution in [0.25, 0.3) is 0 Å². The fourth-order valence-electron chi connectivity index (χ4n) is 4.91. The minimum Gasteiger partial charge on any atom is -0.467 e. The largest absolute Gasteiger partial charge is 0.467 e. The van der Waals surface area contributed by atoms with Crippen molar-refractivity contribution in [2.75, 3.05) is 13.7 Å². The van der Waals surface area contributed by atoms with Gasteiger partial charge in [0.2, 0.25) is 17.7 Å². The highest BCUT2D eigenvalue weighted by Crippen LogP contribution is 2.14. The van der Waals surface area contributed by atoms with E-state index < -0.39 is 53.8 Å². The summed E-state index contributed by atoms with van der Waals surface area (Å²) >= 11 is 6.16. The van der Waals surface area contributed by atoms with Gasteiger partial charge >= 0.3 is 12.0 Å². The molecule has 11 nitrogen and oxygen atoms in total. The topological polar surface area (TPSA) is 155 Å². The van der Waals surface area contributed by atoms with Crippen molar-refractivity contribution in [1.29, 1.82) is 0 Å². The average molecular weight is 658 g/mol. The zero-order chi connectivity index (χ0) is 33.6. The second kappa shape index (κ2) is 17.9. The number of nitrogens with one attached hydrogen (secondary N) is 5. The molecule has 13 heteroatoms. The number of methoxy groups -OCH3 is 1. The molecule has 1 heterocycles. The number of hydrogen-bond acceptors (Lipinski definition) is 6. The Hall–Kier alpha value is -4.45. The predicted molar refractivity (Wildman–Crippen MR) is 171 cm³/mol. The Morgan fingerprint density at radius 3 is 2.52 bits per heavy atom. The monoisotopic (exact) mass is 657 g/mol. The van der Waals surface area contributed by atoms with Gasteiger partial charge in [0.25, 0.3) is 0 Å². The Balaban J connectivity index is 1.83. The van der Waals surface area contributed by atoms with Gasteiger partial charge in [0.1, 0.15) is 23.9 Å². The van der Waals surface area contributed by atoms with Gasteiger partial charge < -0.3 is 31.3 Å². The first kappa shape index (κ1) is 36.0. The summed E-state index contributed by atoms with van der Waals surface area (Å²) in [4.78, 5) is 64.8. The minimum atomic E-state index is -1.16. The molecule has 248 valence electrons. The number of carbonyl (C=O) groups is 5. The average Bonchev–Trinajstić information content (AvgIpc) is 3.01. The van der Waals surface area contributed by atoms with Gasteiger partial charge in [-0.2, -0.15) is 0 Å². The van der Waals surface area contributed by atoms with Crippen LogP contribution in [0.2, 0.25) is 5.02 Å². The molecular weight excluding hydrogens is 617 g/mol. The lowest BCUT2D eigenvalue weighted by molar-refractivity contribution is -0.144. The van der Waals surface area contributed by atoms with Gasteiger partial charge in [-0.25, -0.2) is 14.0 Å². The molecule has 46 heavy (non-hydrogen) atoms. The van der Waals surface area contributed by atoms with E-state index in [1.54, 1.807) is 56.3 Å². The molecular formula is C33H41ClFN5O6. The van der Waals surface area contributed by atoms with E-state index in [-0.39, 0.29) is 31.1 Å². The number of esters is 1. The van der Waals surface area contributed by atoms with Crippen LogP contribution in [0.4, 0.5) is 9.18 Å². The summed E-state index contributed by atoms with van der Waals surface area (Å²) in [5.41, 5.74) is 0.990. The maximum absolute atomic E-state index is 14.5. The molecule has 4 atom stereocenters. The first-order valence-electron chi connectivity index (χ1n) is 15.2. The number of halogens is 2. The van der Waals surface area contributed by atoms with Gasteiger partial charge in [0, 0.05) is 24.1 Å². The van der Waals surface area contributed by atoms with Crippen molar-refractivity contribution in [1.82, 2.24) is 26.6 Å². The van der Waals surface area contributed by atoms with Crippen molar-refractivity contribution in [2.45, 2.75) is 70.1 Å². The van der Waals surface area contributed by atoms with Crippen molar-refractivity contribution >= 4 is 41.3 Å². The summed E-state index contributed by atoms with van der Waals surface area (Å²) in [6.45, 7) is 3.83. The van der Waals surface area contributed by atoms with Crippen LogP contribution in [0.1, 0.15) is 44.2 Å². The fourth-order valence-corrected chi connectivity index (χ4v) is 5.13. The molecule has 5 amide bonds. The number of hydrogen-bond donors (Lipinski definition) is 5. The lowest BCUT2D eigenvalue weighted by Crippen LogP contribution is -2.58. The molecule has 0 aromatic heterocycles. The number of urea groups is 1. The third kappa shape index (κ3) is 11.5. The summed E-state index contributed by atoms with van der Waals surface area (Å²) in [5.74, 6) is -2.90. The number of rotatable bonds is 10. The van der Waals surface area contributed by atoms with Crippen molar-refractivity contribution < 1.29 is 33.1 Å². The van der Waals surface area contributed by atoms with E-state index in [1.165, 1.54) is 25.3 Å². The van der Waals surface area contributed by atoms with Crippen molar-refractivity contribution in [3.63, 3.8) is 0 Å². The van der Waals surface area contributed by atoms with E-state index in [4.69, 9.17) is 16.3 Å². The quantitative estimate of drug-likeness (QED) is 0.248. The van der Waals surface area contributed by atoms with Crippen LogP contribution in [0.5, 0.6) is 0 Å². The first-order valence-corrected chi connectivity index (χ1v) is 15.5. The Morgan fingerprint density at radius 2 is 1.83 bits per heavy atom. The SMILES string of the molecule is COC(=O)[C@@H](NC(=O)N[C@@H](Cc1cccc(Cl)c1)C(=O)N[C@H]1CCCCNC(=O)C=C[C@H](Cc2ccccc2F)NC1=O)C(C)C. The summed E-state index contributed by atoms with van der Waals surface area (Å²) in [7, 11) is 1.21. The highest BCUT2D eigenvalue weighted by molar-refractivity contribution is 6.30. The summed E-state index contributed by atoms with van der Waals surface area (Å²) in [6.07, 6.45) is 4.15. The molecule has 3 rings (SSSR count). The number of carbonyl (C=O) groups excluding carboxylic acids is 5. The Kier molecular flexibility index (Phi) is 14.0. The van der Waals surface area contributed by atoms with Crippen molar-refractivity contribution in [3.05, 3.63) is 82.6 Å². The van der Waals surface area contributed by atoms with Crippen molar-refractivity contribution in [2.24, 2.45) is 5.92 Å². The molecule has 0 fully saturated rings. The maximum atomic E-state index is 14.5. The molecule has 0 aliphatic carbocycles. The van der Waals surface area contributed by atoms with Crippen LogP contribution in [-0.4, -0.2) is 67.5 Å². The molecule has 1 aliphatic rings. The molecule has 2 aromatic carbocycles. The second-order valence-corrected chi connectivity index (χ2v) is 11.8. The van der Waals surface area contributed by atoms with Crippen LogP contribution in [0.3, 0.4) is 0 Å². The van der Waals surface area contributed by atoms with Crippen LogP contribution < -0.4 is 26.6 Å². The standard InChI is InChI=1S/C33H41ClFN5O6/c1-20(2)29(32(44)46-3)40-33(45)39-27(18-21-9-8-11-23(34)17-21)31(43)38-26-13-6-7-16-36-28(41)15-14-24(37-30(26)42)19-22-10-4-5-12-25(22)35/h4-5,8-12,14-15,17,20,24,26-27,29H,6-7,13,16,18-19H2,1-3H3,(H,36,41)(H,37,42)(H,38,43)(H2,39,40,45)/t24-,26+,27+,29+/m1/s1. The molecule has 0 unspecified atom stereocenters. The van der Waals surface area contributed by atoms with Gasteiger partial charge in [-0.1, -0.05) is 61.9 Å². The smallest absolute Gasteiger partial charge is 0.328 e. The number of benzene rings is 2. The number of amides is 5.